The van der Waals surface area contributed by atoms with Crippen molar-refractivity contribution in [2.24, 2.45) is 0 Å². The van der Waals surface area contributed by atoms with Gasteiger partial charge in [-0.1, -0.05) is 13.0 Å². The van der Waals surface area contributed by atoms with Crippen LogP contribution in [0, 0.1) is 6.92 Å². The summed E-state index contributed by atoms with van der Waals surface area (Å²) in [4.78, 5) is 4.62. The lowest BCUT2D eigenvalue weighted by Gasteiger charge is -2.25. The minimum Gasteiger partial charge on any atom is -0.380 e. The van der Waals surface area contributed by atoms with Crippen LogP contribution in [0.5, 0.6) is 0 Å². The summed E-state index contributed by atoms with van der Waals surface area (Å²) >= 11 is 0. The third kappa shape index (κ3) is 1.55. The van der Waals surface area contributed by atoms with E-state index in [1.165, 1.54) is 5.69 Å². The fourth-order valence-corrected chi connectivity index (χ4v) is 2.11. The highest BCUT2D eigenvalue weighted by Crippen LogP contribution is 2.34. The summed E-state index contributed by atoms with van der Waals surface area (Å²) in [5.41, 5.74) is 2.49. The lowest BCUT2D eigenvalue weighted by atomic mass is 9.81. The fraction of sp³-hybridized carbons (Fsp3) is 0.583. The van der Waals surface area contributed by atoms with Gasteiger partial charge in [0, 0.05) is 23.4 Å². The highest BCUT2D eigenvalue weighted by atomic mass is 16.5. The smallest absolute Gasteiger partial charge is 0.0578 e. The van der Waals surface area contributed by atoms with Crippen LogP contribution in [-0.4, -0.2) is 18.2 Å². The molecule has 1 aromatic rings. The van der Waals surface area contributed by atoms with E-state index < -0.39 is 0 Å². The summed E-state index contributed by atoms with van der Waals surface area (Å²) in [5, 5.41) is 0. The molecule has 1 aliphatic heterocycles. The number of aryl methyl sites for hydroxylation is 1. The maximum absolute atomic E-state index is 5.51. The molecular formula is C12H17NO. The lowest BCUT2D eigenvalue weighted by Crippen LogP contribution is -2.26. The molecule has 0 saturated carbocycles. The van der Waals surface area contributed by atoms with Crippen LogP contribution in [-0.2, 0) is 10.2 Å². The zero-order valence-corrected chi connectivity index (χ0v) is 8.92. The van der Waals surface area contributed by atoms with Crippen LogP contribution < -0.4 is 0 Å². The van der Waals surface area contributed by atoms with Crippen molar-refractivity contribution in [1.82, 2.24) is 4.98 Å². The number of nitrogens with zero attached hydrogens (tertiary/aromatic N) is 1. The van der Waals surface area contributed by atoms with E-state index in [-0.39, 0.29) is 5.41 Å². The van der Waals surface area contributed by atoms with Crippen LogP contribution in [0.1, 0.15) is 31.2 Å². The van der Waals surface area contributed by atoms with Crippen LogP contribution in [0.15, 0.2) is 18.2 Å². The minimum atomic E-state index is 0.187. The SMILES string of the molecule is CCC1(c2cccc(C)n2)CCOC1. The second kappa shape index (κ2) is 3.70. The second-order valence-corrected chi connectivity index (χ2v) is 4.10. The molecule has 1 fully saturated rings. The molecule has 0 spiro atoms. The summed E-state index contributed by atoms with van der Waals surface area (Å²) in [5.74, 6) is 0. The van der Waals surface area contributed by atoms with Gasteiger partial charge >= 0.3 is 0 Å². The first-order valence-corrected chi connectivity index (χ1v) is 5.29. The largest absolute Gasteiger partial charge is 0.380 e. The van der Waals surface area contributed by atoms with E-state index in [0.717, 1.165) is 31.7 Å². The molecule has 2 heteroatoms. The second-order valence-electron chi connectivity index (χ2n) is 4.10. The number of hydrogen-bond acceptors (Lipinski definition) is 2. The maximum Gasteiger partial charge on any atom is 0.0578 e. The summed E-state index contributed by atoms with van der Waals surface area (Å²) in [6.45, 7) is 5.98. The third-order valence-electron chi connectivity index (χ3n) is 3.21. The van der Waals surface area contributed by atoms with Gasteiger partial charge in [0.1, 0.15) is 0 Å². The number of hydrogen-bond donors (Lipinski definition) is 0. The Hall–Kier alpha value is -0.890. The van der Waals surface area contributed by atoms with Crippen LogP contribution in [0.4, 0.5) is 0 Å². The van der Waals surface area contributed by atoms with Gasteiger partial charge in [0.2, 0.25) is 0 Å². The molecule has 0 radical (unpaired) electrons. The van der Waals surface area contributed by atoms with Gasteiger partial charge in [-0.15, -0.1) is 0 Å². The van der Waals surface area contributed by atoms with Crippen molar-refractivity contribution in [2.75, 3.05) is 13.2 Å². The molecule has 0 amide bonds. The molecule has 76 valence electrons. The van der Waals surface area contributed by atoms with E-state index in [4.69, 9.17) is 4.74 Å². The van der Waals surface area contributed by atoms with Crippen LogP contribution >= 0.6 is 0 Å². The van der Waals surface area contributed by atoms with Crippen molar-refractivity contribution in [3.63, 3.8) is 0 Å². The Kier molecular flexibility index (Phi) is 2.55. The molecular weight excluding hydrogens is 174 g/mol. The van der Waals surface area contributed by atoms with Crippen molar-refractivity contribution < 1.29 is 4.74 Å². The highest BCUT2D eigenvalue weighted by molar-refractivity contribution is 5.21. The Labute approximate surface area is 85.3 Å². The Morgan fingerprint density at radius 1 is 1.50 bits per heavy atom. The van der Waals surface area contributed by atoms with Crippen LogP contribution in [0.25, 0.3) is 0 Å². The van der Waals surface area contributed by atoms with Gasteiger partial charge in [0.15, 0.2) is 0 Å². The third-order valence-corrected chi connectivity index (χ3v) is 3.21. The lowest BCUT2D eigenvalue weighted by molar-refractivity contribution is 0.174. The number of rotatable bonds is 2. The molecule has 0 aliphatic carbocycles. The number of pyridine rings is 1. The molecule has 0 bridgehead atoms. The molecule has 14 heavy (non-hydrogen) atoms. The van der Waals surface area contributed by atoms with Gasteiger partial charge in [-0.3, -0.25) is 4.98 Å². The predicted octanol–water partition coefficient (Wildman–Crippen LogP) is 2.46. The Morgan fingerprint density at radius 3 is 2.93 bits per heavy atom. The van der Waals surface area contributed by atoms with E-state index in [2.05, 4.69) is 24.0 Å². The molecule has 2 rings (SSSR count). The molecule has 1 saturated heterocycles. The molecule has 2 heterocycles. The first-order chi connectivity index (χ1) is 6.77. The minimum absolute atomic E-state index is 0.187. The topological polar surface area (TPSA) is 22.1 Å². The van der Waals surface area contributed by atoms with E-state index in [1.807, 2.05) is 13.0 Å². The number of aromatic nitrogens is 1. The van der Waals surface area contributed by atoms with Crippen molar-refractivity contribution in [1.29, 1.82) is 0 Å². The highest BCUT2D eigenvalue weighted by Gasteiger charge is 2.36. The Bertz CT molecular complexity index is 316. The molecule has 1 atom stereocenters. The fourth-order valence-electron chi connectivity index (χ4n) is 2.11. The van der Waals surface area contributed by atoms with Crippen molar-refractivity contribution in [3.8, 4) is 0 Å². The van der Waals surface area contributed by atoms with Gasteiger partial charge in [-0.25, -0.2) is 0 Å². The number of ether oxygens (including phenoxy) is 1. The first-order valence-electron chi connectivity index (χ1n) is 5.29. The van der Waals surface area contributed by atoms with E-state index in [9.17, 15) is 0 Å². The van der Waals surface area contributed by atoms with Crippen LogP contribution in [0.2, 0.25) is 0 Å². The van der Waals surface area contributed by atoms with Gasteiger partial charge < -0.3 is 4.74 Å². The van der Waals surface area contributed by atoms with Crippen LogP contribution in [0.3, 0.4) is 0 Å². The van der Waals surface area contributed by atoms with Crippen molar-refractivity contribution in [3.05, 3.63) is 29.6 Å². The van der Waals surface area contributed by atoms with Gasteiger partial charge in [-0.05, 0) is 31.9 Å². The van der Waals surface area contributed by atoms with E-state index in [0.29, 0.717) is 0 Å². The molecule has 0 N–H and O–H groups in total. The quantitative estimate of drug-likeness (QED) is 0.716. The monoisotopic (exact) mass is 191 g/mol. The summed E-state index contributed by atoms with van der Waals surface area (Å²) < 4.78 is 5.51. The average Bonchev–Trinajstić information content (AvgIpc) is 2.67. The zero-order chi connectivity index (χ0) is 10.0. The molecule has 2 nitrogen and oxygen atoms in total. The molecule has 0 aromatic carbocycles. The maximum atomic E-state index is 5.51. The van der Waals surface area contributed by atoms with Crippen molar-refractivity contribution in [2.45, 2.75) is 32.1 Å². The summed E-state index contributed by atoms with van der Waals surface area (Å²) in [6.07, 6.45) is 2.23. The normalized spacial score (nSPS) is 26.7. The zero-order valence-electron chi connectivity index (χ0n) is 8.92. The van der Waals surface area contributed by atoms with Gasteiger partial charge in [-0.2, -0.15) is 0 Å². The molecule has 1 aliphatic rings. The molecule has 1 unspecified atom stereocenters. The summed E-state index contributed by atoms with van der Waals surface area (Å²) in [6, 6.07) is 6.27. The van der Waals surface area contributed by atoms with E-state index >= 15 is 0 Å². The van der Waals surface area contributed by atoms with Gasteiger partial charge in [0.25, 0.3) is 0 Å². The Balaban J connectivity index is 2.35. The summed E-state index contributed by atoms with van der Waals surface area (Å²) in [7, 11) is 0. The van der Waals surface area contributed by atoms with Crippen molar-refractivity contribution >= 4 is 0 Å². The van der Waals surface area contributed by atoms with Gasteiger partial charge in [0.05, 0.1) is 6.61 Å². The average molecular weight is 191 g/mol. The Morgan fingerprint density at radius 2 is 2.36 bits per heavy atom. The first kappa shape index (κ1) is 9.66. The van der Waals surface area contributed by atoms with E-state index in [1.54, 1.807) is 0 Å². The standard InChI is InChI=1S/C12H17NO/c1-3-12(7-8-14-9-12)11-6-4-5-10(2)13-11/h4-6H,3,7-9H2,1-2H3. The molecule has 1 aromatic heterocycles. The predicted molar refractivity (Wildman–Crippen MR) is 56.4 cm³/mol.